The molecule has 1 aliphatic heterocycles. The van der Waals surface area contributed by atoms with Gasteiger partial charge in [0.15, 0.2) is 0 Å². The van der Waals surface area contributed by atoms with E-state index in [0.717, 1.165) is 26.1 Å². The van der Waals surface area contributed by atoms with Crippen LogP contribution in [0.2, 0.25) is 0 Å². The van der Waals surface area contributed by atoms with E-state index >= 15 is 0 Å². The molecule has 0 unspecified atom stereocenters. The molecule has 0 bridgehead atoms. The maximum Gasteiger partial charge on any atom is 0.0416 e. The molecular weight excluding hydrogens is 210 g/mol. The van der Waals surface area contributed by atoms with Crippen LogP contribution in [0.1, 0.15) is 26.0 Å². The van der Waals surface area contributed by atoms with Gasteiger partial charge in [-0.1, -0.05) is 6.07 Å². The van der Waals surface area contributed by atoms with Crippen molar-refractivity contribution < 1.29 is 0 Å². The second-order valence-corrected chi connectivity index (χ2v) is 5.51. The molecule has 0 spiro atoms. The molecule has 1 saturated heterocycles. The summed E-state index contributed by atoms with van der Waals surface area (Å²) in [6, 6.07) is 6.15. The highest BCUT2D eigenvalue weighted by atomic mass is 15.2. The van der Waals surface area contributed by atoms with Crippen molar-refractivity contribution in [2.24, 2.45) is 0 Å². The van der Waals surface area contributed by atoms with Gasteiger partial charge < -0.3 is 10.2 Å². The summed E-state index contributed by atoms with van der Waals surface area (Å²) < 4.78 is 0. The molecule has 94 valence electrons. The van der Waals surface area contributed by atoms with Crippen LogP contribution >= 0.6 is 0 Å². The Morgan fingerprint density at radius 3 is 3.06 bits per heavy atom. The Balaban J connectivity index is 1.86. The number of nitrogens with one attached hydrogen (secondary N) is 1. The predicted octanol–water partition coefficient (Wildman–Crippen LogP) is 1.70. The number of rotatable bonds is 3. The summed E-state index contributed by atoms with van der Waals surface area (Å²) >= 11 is 0. The van der Waals surface area contributed by atoms with Crippen LogP contribution in [0.5, 0.6) is 0 Å². The van der Waals surface area contributed by atoms with E-state index < -0.39 is 0 Å². The number of hydrogen-bond donors (Lipinski definition) is 1. The first kappa shape index (κ1) is 12.5. The average Bonchev–Trinajstić information content (AvgIpc) is 2.49. The van der Waals surface area contributed by atoms with Crippen LogP contribution in [-0.4, -0.2) is 41.6 Å². The minimum absolute atomic E-state index is 0.237. The highest BCUT2D eigenvalue weighted by Crippen LogP contribution is 2.10. The number of pyridine rings is 1. The Morgan fingerprint density at radius 1 is 1.41 bits per heavy atom. The quantitative estimate of drug-likeness (QED) is 0.861. The zero-order valence-corrected chi connectivity index (χ0v) is 10.9. The lowest BCUT2D eigenvalue weighted by Crippen LogP contribution is -2.46. The summed E-state index contributed by atoms with van der Waals surface area (Å²) in [6.07, 6.45) is 4.17. The molecule has 0 aromatic carbocycles. The zero-order valence-electron chi connectivity index (χ0n) is 10.9. The van der Waals surface area contributed by atoms with Crippen LogP contribution < -0.4 is 5.32 Å². The van der Waals surface area contributed by atoms with Gasteiger partial charge in [0.25, 0.3) is 0 Å². The Kier molecular flexibility index (Phi) is 4.13. The maximum absolute atomic E-state index is 4.38. The molecule has 1 aromatic heterocycles. The number of hydrogen-bond acceptors (Lipinski definition) is 3. The van der Waals surface area contributed by atoms with Gasteiger partial charge in [-0.05, 0) is 45.5 Å². The van der Waals surface area contributed by atoms with Gasteiger partial charge in [0.2, 0.25) is 0 Å². The van der Waals surface area contributed by atoms with Crippen molar-refractivity contribution >= 4 is 0 Å². The summed E-state index contributed by atoms with van der Waals surface area (Å²) in [4.78, 5) is 6.93. The molecule has 3 nitrogen and oxygen atoms in total. The van der Waals surface area contributed by atoms with Gasteiger partial charge >= 0.3 is 0 Å². The van der Waals surface area contributed by atoms with Gasteiger partial charge in [0.1, 0.15) is 0 Å². The first-order valence-electron chi connectivity index (χ1n) is 6.53. The third-order valence-electron chi connectivity index (χ3n) is 3.28. The van der Waals surface area contributed by atoms with E-state index in [9.17, 15) is 0 Å². The van der Waals surface area contributed by atoms with Crippen molar-refractivity contribution in [2.75, 3.05) is 26.2 Å². The van der Waals surface area contributed by atoms with E-state index in [1.165, 1.54) is 18.7 Å². The molecule has 2 heterocycles. The standard InChI is InChI=1S/C14H23N3/c1-14(2)12-17(10-5-9-16-14)11-7-13-6-3-4-8-15-13/h3-4,6,8,16H,5,7,9-12H2,1-2H3. The summed E-state index contributed by atoms with van der Waals surface area (Å²) in [7, 11) is 0. The SMILES string of the molecule is CC1(C)CN(CCc2ccccn2)CCCN1. The van der Waals surface area contributed by atoms with Gasteiger partial charge in [0.05, 0.1) is 0 Å². The Labute approximate surface area is 104 Å². The van der Waals surface area contributed by atoms with Crippen molar-refractivity contribution in [3.63, 3.8) is 0 Å². The van der Waals surface area contributed by atoms with Crippen LogP contribution in [0.4, 0.5) is 0 Å². The maximum atomic E-state index is 4.38. The summed E-state index contributed by atoms with van der Waals surface area (Å²) in [5.74, 6) is 0. The molecule has 1 aromatic rings. The Hall–Kier alpha value is -0.930. The van der Waals surface area contributed by atoms with Gasteiger partial charge in [-0.15, -0.1) is 0 Å². The van der Waals surface area contributed by atoms with Gasteiger partial charge in [-0.2, -0.15) is 0 Å². The van der Waals surface area contributed by atoms with E-state index in [-0.39, 0.29) is 5.54 Å². The van der Waals surface area contributed by atoms with Crippen LogP contribution in [0.15, 0.2) is 24.4 Å². The molecule has 0 radical (unpaired) electrons. The summed E-state index contributed by atoms with van der Waals surface area (Å²) in [5, 5.41) is 3.59. The second-order valence-electron chi connectivity index (χ2n) is 5.51. The topological polar surface area (TPSA) is 28.2 Å². The van der Waals surface area contributed by atoms with Crippen molar-refractivity contribution in [1.29, 1.82) is 0 Å². The molecule has 0 aliphatic carbocycles. The summed E-state index contributed by atoms with van der Waals surface area (Å²) in [6.45, 7) is 9.14. The fourth-order valence-corrected chi connectivity index (χ4v) is 2.43. The molecule has 1 aliphatic rings. The largest absolute Gasteiger partial charge is 0.310 e. The number of aromatic nitrogens is 1. The van der Waals surface area contributed by atoms with Crippen LogP contribution in [0, 0.1) is 0 Å². The Morgan fingerprint density at radius 2 is 2.29 bits per heavy atom. The molecule has 3 heteroatoms. The minimum Gasteiger partial charge on any atom is -0.310 e. The zero-order chi connectivity index (χ0) is 12.1. The van der Waals surface area contributed by atoms with E-state index in [4.69, 9.17) is 0 Å². The lowest BCUT2D eigenvalue weighted by molar-refractivity contribution is 0.233. The third kappa shape index (κ3) is 4.10. The Bertz CT molecular complexity index is 335. The number of nitrogens with zero attached hydrogens (tertiary/aromatic N) is 2. The fraction of sp³-hybridized carbons (Fsp3) is 0.643. The molecule has 1 N–H and O–H groups in total. The second kappa shape index (κ2) is 5.61. The average molecular weight is 233 g/mol. The lowest BCUT2D eigenvalue weighted by atomic mass is 10.1. The van der Waals surface area contributed by atoms with Gasteiger partial charge in [-0.25, -0.2) is 0 Å². The molecule has 0 saturated carbocycles. The highest BCUT2D eigenvalue weighted by Gasteiger charge is 2.23. The first-order chi connectivity index (χ1) is 8.16. The summed E-state index contributed by atoms with van der Waals surface area (Å²) in [5.41, 5.74) is 1.43. The minimum atomic E-state index is 0.237. The lowest BCUT2D eigenvalue weighted by Gasteiger charge is -2.29. The molecule has 0 atom stereocenters. The molecule has 0 amide bonds. The van der Waals surface area contributed by atoms with E-state index in [2.05, 4.69) is 41.2 Å². The van der Waals surface area contributed by atoms with Crippen molar-refractivity contribution in [3.8, 4) is 0 Å². The van der Waals surface area contributed by atoms with E-state index in [1.807, 2.05) is 12.3 Å². The van der Waals surface area contributed by atoms with Crippen LogP contribution in [0.3, 0.4) is 0 Å². The van der Waals surface area contributed by atoms with E-state index in [0.29, 0.717) is 0 Å². The smallest absolute Gasteiger partial charge is 0.0416 e. The van der Waals surface area contributed by atoms with Crippen molar-refractivity contribution in [3.05, 3.63) is 30.1 Å². The van der Waals surface area contributed by atoms with Crippen LogP contribution in [0.25, 0.3) is 0 Å². The van der Waals surface area contributed by atoms with Gasteiger partial charge in [0, 0.05) is 36.9 Å². The molecule has 1 fully saturated rings. The molecular formula is C14H23N3. The van der Waals surface area contributed by atoms with E-state index in [1.54, 1.807) is 0 Å². The monoisotopic (exact) mass is 233 g/mol. The molecule has 17 heavy (non-hydrogen) atoms. The fourth-order valence-electron chi connectivity index (χ4n) is 2.43. The van der Waals surface area contributed by atoms with Crippen LogP contribution in [-0.2, 0) is 6.42 Å². The normalized spacial score (nSPS) is 21.1. The van der Waals surface area contributed by atoms with Crippen molar-refractivity contribution in [1.82, 2.24) is 15.2 Å². The van der Waals surface area contributed by atoms with Crippen molar-refractivity contribution in [2.45, 2.75) is 32.2 Å². The highest BCUT2D eigenvalue weighted by molar-refractivity contribution is 5.04. The first-order valence-corrected chi connectivity index (χ1v) is 6.53. The third-order valence-corrected chi connectivity index (χ3v) is 3.28. The molecule has 2 rings (SSSR count). The van der Waals surface area contributed by atoms with Gasteiger partial charge in [-0.3, -0.25) is 4.98 Å². The predicted molar refractivity (Wildman–Crippen MR) is 71.1 cm³/mol.